The molecule has 0 aliphatic heterocycles. The van der Waals surface area contributed by atoms with E-state index in [9.17, 15) is 0 Å². The van der Waals surface area contributed by atoms with Crippen molar-refractivity contribution in [3.05, 3.63) is 36.0 Å². The normalized spacial score (nSPS) is 11.8. The Bertz CT molecular complexity index is 830. The number of aromatic amines is 1. The molecule has 5 nitrogen and oxygen atoms in total. The molecule has 3 rings (SSSR count). The second kappa shape index (κ2) is 5.02. The molecule has 3 aromatic rings. The van der Waals surface area contributed by atoms with E-state index in [1.54, 1.807) is 7.11 Å². The summed E-state index contributed by atoms with van der Waals surface area (Å²) in [5.41, 5.74) is 9.71. The van der Waals surface area contributed by atoms with Crippen molar-refractivity contribution in [3.63, 3.8) is 0 Å². The van der Waals surface area contributed by atoms with Crippen molar-refractivity contribution in [2.75, 3.05) is 12.8 Å². The molecule has 0 atom stereocenters. The third kappa shape index (κ3) is 2.39. The summed E-state index contributed by atoms with van der Waals surface area (Å²) >= 11 is 0. The number of ether oxygens (including phenoxy) is 1. The number of anilines is 1. The molecule has 0 aliphatic carbocycles. The molecule has 0 saturated carbocycles. The van der Waals surface area contributed by atoms with E-state index in [2.05, 4.69) is 42.0 Å². The Balaban J connectivity index is 2.32. The fraction of sp³-hybridized carbons (Fsp3) is 0.294. The Kier molecular flexibility index (Phi) is 3.28. The maximum Gasteiger partial charge on any atom is 0.158 e. The molecule has 3 N–H and O–H groups in total. The minimum absolute atomic E-state index is 0.0678. The number of nitrogens with one attached hydrogen (secondary N) is 1. The summed E-state index contributed by atoms with van der Waals surface area (Å²) < 4.78 is 5.33. The van der Waals surface area contributed by atoms with E-state index in [1.807, 2.05) is 24.3 Å². The zero-order valence-electron chi connectivity index (χ0n) is 13.3. The van der Waals surface area contributed by atoms with Gasteiger partial charge in [0.15, 0.2) is 11.5 Å². The van der Waals surface area contributed by atoms with E-state index in [4.69, 9.17) is 10.5 Å². The van der Waals surface area contributed by atoms with Gasteiger partial charge in [-0.2, -0.15) is 5.10 Å². The lowest BCUT2D eigenvalue weighted by Gasteiger charge is -2.19. The van der Waals surface area contributed by atoms with Crippen molar-refractivity contribution >= 4 is 16.9 Å². The van der Waals surface area contributed by atoms with Crippen LogP contribution in [-0.4, -0.2) is 22.3 Å². The van der Waals surface area contributed by atoms with Gasteiger partial charge in [-0.05, 0) is 29.3 Å². The standard InChI is InChI=1S/C17H20N4O/c1-17(2,3)13-9-12(10-6-5-7-11(8-10)22-4)14-15(18)20-21-16(14)19-13/h5-9H,1-4H3,(H3,18,19,20,21). The smallest absolute Gasteiger partial charge is 0.158 e. The fourth-order valence-electron chi connectivity index (χ4n) is 2.46. The molecule has 0 radical (unpaired) electrons. The number of nitrogen functional groups attached to an aromatic ring is 1. The molecule has 0 amide bonds. The zero-order valence-corrected chi connectivity index (χ0v) is 13.3. The molecule has 22 heavy (non-hydrogen) atoms. The third-order valence-electron chi connectivity index (χ3n) is 3.71. The highest BCUT2D eigenvalue weighted by atomic mass is 16.5. The van der Waals surface area contributed by atoms with Crippen LogP contribution in [0.1, 0.15) is 26.5 Å². The quantitative estimate of drug-likeness (QED) is 0.758. The second-order valence-corrected chi connectivity index (χ2v) is 6.37. The molecular weight excluding hydrogens is 276 g/mol. The number of H-pyrrole nitrogens is 1. The highest BCUT2D eigenvalue weighted by molar-refractivity contribution is 6.00. The number of fused-ring (bicyclic) bond motifs is 1. The van der Waals surface area contributed by atoms with Gasteiger partial charge in [-0.25, -0.2) is 4.98 Å². The summed E-state index contributed by atoms with van der Waals surface area (Å²) in [5, 5.41) is 7.88. The fourth-order valence-corrected chi connectivity index (χ4v) is 2.46. The lowest BCUT2D eigenvalue weighted by atomic mass is 9.89. The number of nitrogens with two attached hydrogens (primary N) is 1. The molecule has 0 fully saturated rings. The van der Waals surface area contributed by atoms with Crippen LogP contribution in [0.3, 0.4) is 0 Å². The van der Waals surface area contributed by atoms with E-state index in [1.165, 1.54) is 0 Å². The van der Waals surface area contributed by atoms with Gasteiger partial charge >= 0.3 is 0 Å². The van der Waals surface area contributed by atoms with Crippen LogP contribution >= 0.6 is 0 Å². The van der Waals surface area contributed by atoms with E-state index in [-0.39, 0.29) is 5.41 Å². The van der Waals surface area contributed by atoms with Crippen LogP contribution in [0, 0.1) is 0 Å². The number of benzene rings is 1. The van der Waals surface area contributed by atoms with Gasteiger partial charge in [0, 0.05) is 11.1 Å². The number of hydrogen-bond acceptors (Lipinski definition) is 4. The molecular formula is C17H20N4O. The molecule has 0 aliphatic rings. The Hall–Kier alpha value is -2.56. The summed E-state index contributed by atoms with van der Waals surface area (Å²) in [4.78, 5) is 4.67. The van der Waals surface area contributed by atoms with Crippen molar-refractivity contribution in [1.82, 2.24) is 15.2 Å². The van der Waals surface area contributed by atoms with Crippen LogP contribution in [0.5, 0.6) is 5.75 Å². The minimum atomic E-state index is -0.0678. The topological polar surface area (TPSA) is 76.8 Å². The van der Waals surface area contributed by atoms with Crippen LogP contribution in [-0.2, 0) is 5.41 Å². The van der Waals surface area contributed by atoms with Gasteiger partial charge in [0.1, 0.15) is 5.75 Å². The number of rotatable bonds is 2. The van der Waals surface area contributed by atoms with Crippen molar-refractivity contribution in [2.24, 2.45) is 0 Å². The number of pyridine rings is 1. The molecule has 0 unspecified atom stereocenters. The number of hydrogen-bond donors (Lipinski definition) is 2. The van der Waals surface area contributed by atoms with Gasteiger partial charge in [-0.3, -0.25) is 5.10 Å². The molecule has 0 saturated heterocycles. The Morgan fingerprint density at radius 2 is 1.95 bits per heavy atom. The zero-order chi connectivity index (χ0) is 15.9. The van der Waals surface area contributed by atoms with E-state index in [0.29, 0.717) is 11.5 Å². The van der Waals surface area contributed by atoms with Crippen LogP contribution in [0.15, 0.2) is 30.3 Å². The van der Waals surface area contributed by atoms with Gasteiger partial charge in [-0.1, -0.05) is 32.9 Å². The largest absolute Gasteiger partial charge is 0.497 e. The average molecular weight is 296 g/mol. The van der Waals surface area contributed by atoms with Gasteiger partial charge in [0.25, 0.3) is 0 Å². The third-order valence-corrected chi connectivity index (χ3v) is 3.71. The number of aromatic nitrogens is 3. The summed E-state index contributed by atoms with van der Waals surface area (Å²) in [6.07, 6.45) is 0. The van der Waals surface area contributed by atoms with Crippen LogP contribution in [0.2, 0.25) is 0 Å². The lowest BCUT2D eigenvalue weighted by molar-refractivity contribution is 0.415. The first-order valence-corrected chi connectivity index (χ1v) is 7.19. The van der Waals surface area contributed by atoms with Gasteiger partial charge in [0.2, 0.25) is 0 Å². The highest BCUT2D eigenvalue weighted by Crippen LogP contribution is 2.35. The van der Waals surface area contributed by atoms with Crippen LogP contribution in [0.25, 0.3) is 22.2 Å². The van der Waals surface area contributed by atoms with Gasteiger partial charge < -0.3 is 10.5 Å². The first-order chi connectivity index (χ1) is 10.4. The number of methoxy groups -OCH3 is 1. The Morgan fingerprint density at radius 3 is 2.64 bits per heavy atom. The predicted octanol–water partition coefficient (Wildman–Crippen LogP) is 3.51. The van der Waals surface area contributed by atoms with Crippen molar-refractivity contribution in [3.8, 4) is 16.9 Å². The summed E-state index contributed by atoms with van der Waals surface area (Å²) in [7, 11) is 1.66. The maximum atomic E-state index is 6.03. The molecule has 1 aromatic carbocycles. The van der Waals surface area contributed by atoms with Gasteiger partial charge in [0.05, 0.1) is 12.5 Å². The molecule has 0 spiro atoms. The average Bonchev–Trinajstić information content (AvgIpc) is 2.87. The van der Waals surface area contributed by atoms with Crippen molar-refractivity contribution < 1.29 is 4.74 Å². The lowest BCUT2D eigenvalue weighted by Crippen LogP contribution is -2.13. The summed E-state index contributed by atoms with van der Waals surface area (Å²) in [5.74, 6) is 1.27. The summed E-state index contributed by atoms with van der Waals surface area (Å²) in [6, 6.07) is 10.0. The maximum absolute atomic E-state index is 6.03. The monoisotopic (exact) mass is 296 g/mol. The Labute approximate surface area is 129 Å². The first-order valence-electron chi connectivity index (χ1n) is 7.19. The Morgan fingerprint density at radius 1 is 1.18 bits per heavy atom. The van der Waals surface area contributed by atoms with Crippen LogP contribution in [0.4, 0.5) is 5.82 Å². The molecule has 5 heteroatoms. The number of nitrogens with zero attached hydrogens (tertiary/aromatic N) is 2. The van der Waals surface area contributed by atoms with Gasteiger partial charge in [-0.15, -0.1) is 0 Å². The molecule has 2 aromatic heterocycles. The SMILES string of the molecule is COc1cccc(-c2cc(C(C)(C)C)nc3[nH]nc(N)c23)c1. The highest BCUT2D eigenvalue weighted by Gasteiger charge is 2.20. The van der Waals surface area contributed by atoms with E-state index < -0.39 is 0 Å². The first kappa shape index (κ1) is 14.4. The second-order valence-electron chi connectivity index (χ2n) is 6.37. The van der Waals surface area contributed by atoms with E-state index >= 15 is 0 Å². The van der Waals surface area contributed by atoms with Crippen molar-refractivity contribution in [1.29, 1.82) is 0 Å². The van der Waals surface area contributed by atoms with Crippen molar-refractivity contribution in [2.45, 2.75) is 26.2 Å². The molecule has 0 bridgehead atoms. The van der Waals surface area contributed by atoms with Crippen LogP contribution < -0.4 is 10.5 Å². The molecule has 114 valence electrons. The van der Waals surface area contributed by atoms with E-state index in [0.717, 1.165) is 28.0 Å². The summed E-state index contributed by atoms with van der Waals surface area (Å²) in [6.45, 7) is 6.41. The predicted molar refractivity (Wildman–Crippen MR) is 89.0 cm³/mol. The minimum Gasteiger partial charge on any atom is -0.497 e. The molecule has 2 heterocycles.